The fourth-order valence-corrected chi connectivity index (χ4v) is 1.98. The van der Waals surface area contributed by atoms with Crippen LogP contribution in [0.2, 0.25) is 0 Å². The van der Waals surface area contributed by atoms with Crippen molar-refractivity contribution in [3.63, 3.8) is 0 Å². The van der Waals surface area contributed by atoms with Gasteiger partial charge in [0.25, 0.3) is 0 Å². The van der Waals surface area contributed by atoms with E-state index in [9.17, 15) is 0 Å². The molecule has 3 aromatic carbocycles. The van der Waals surface area contributed by atoms with Crippen LogP contribution < -0.4 is 9.47 Å². The van der Waals surface area contributed by atoms with Gasteiger partial charge in [0, 0.05) is 14.2 Å². The molecule has 4 nitrogen and oxygen atoms in total. The van der Waals surface area contributed by atoms with Crippen LogP contribution in [0.3, 0.4) is 0 Å². The Hall–Kier alpha value is -2.82. The molecule has 0 heterocycles. The fraction of sp³-hybridized carbons (Fsp3) is 0.581. The van der Waals surface area contributed by atoms with E-state index < -0.39 is 0 Å². The Bertz CT molecular complexity index is 786. The van der Waals surface area contributed by atoms with Crippen LogP contribution in [0.4, 0.5) is 0 Å². The molecule has 0 radical (unpaired) electrons. The molecule has 0 N–H and O–H groups in total. The molecule has 0 saturated carbocycles. The molecule has 0 fully saturated rings. The maximum atomic E-state index is 5.43. The number of hydrogen-bond donors (Lipinski definition) is 0. The van der Waals surface area contributed by atoms with Gasteiger partial charge in [0.2, 0.25) is 0 Å². The van der Waals surface area contributed by atoms with Gasteiger partial charge in [-0.15, -0.1) is 0 Å². The lowest BCUT2D eigenvalue weighted by Crippen LogP contribution is -2.15. The summed E-state index contributed by atoms with van der Waals surface area (Å²) in [5.74, 6) is 1.78. The molecular weight excluding hydrogens is 580 g/mol. The molecule has 4 heteroatoms. The van der Waals surface area contributed by atoms with Crippen molar-refractivity contribution >= 4 is 0 Å². The van der Waals surface area contributed by atoms with E-state index in [0.717, 1.165) is 11.5 Å². The van der Waals surface area contributed by atoms with Crippen molar-refractivity contribution < 1.29 is 18.9 Å². The monoisotopic (exact) mass is 661 g/mol. The van der Waals surface area contributed by atoms with Crippen molar-refractivity contribution in [2.45, 2.75) is 130 Å². The Labute approximate surface area is 295 Å². The highest BCUT2D eigenvalue weighted by Crippen LogP contribution is 2.10. The second-order valence-electron chi connectivity index (χ2n) is 12.5. The normalized spacial score (nSPS) is 10.3. The average molecular weight is 661 g/mol. The Balaban J connectivity index is -0.000000112. The number of rotatable bonds is 8. The number of hydrogen-bond acceptors (Lipinski definition) is 4. The molecule has 276 valence electrons. The summed E-state index contributed by atoms with van der Waals surface area (Å²) in [4.78, 5) is 0. The summed E-state index contributed by atoms with van der Waals surface area (Å²) in [7, 11) is 3.36. The van der Waals surface area contributed by atoms with E-state index >= 15 is 0 Å². The molecular formula is C43H80O4. The van der Waals surface area contributed by atoms with Crippen LogP contribution in [0.15, 0.2) is 97.1 Å². The summed E-state index contributed by atoms with van der Waals surface area (Å²) < 4.78 is 21.0. The highest BCUT2D eigenvalue weighted by atomic mass is 16.5. The van der Waals surface area contributed by atoms with E-state index in [2.05, 4.69) is 55.4 Å². The smallest absolute Gasteiger partial charge is 0.119 e. The maximum Gasteiger partial charge on any atom is 0.119 e. The topological polar surface area (TPSA) is 36.9 Å². The van der Waals surface area contributed by atoms with Crippen LogP contribution >= 0.6 is 0 Å². The van der Waals surface area contributed by atoms with Crippen LogP contribution in [0.25, 0.3) is 0 Å². The first-order valence-electron chi connectivity index (χ1n) is 17.1. The molecule has 2 atom stereocenters. The molecule has 0 spiro atoms. The average Bonchev–Trinajstić information content (AvgIpc) is 3.06. The maximum absolute atomic E-state index is 5.43. The van der Waals surface area contributed by atoms with Crippen molar-refractivity contribution in [2.24, 2.45) is 10.8 Å². The highest BCUT2D eigenvalue weighted by molar-refractivity contribution is 5.21. The Morgan fingerprint density at radius 2 is 0.596 bits per heavy atom. The van der Waals surface area contributed by atoms with Crippen molar-refractivity contribution in [3.05, 3.63) is 97.1 Å². The van der Waals surface area contributed by atoms with Crippen LogP contribution in [0.5, 0.6) is 11.5 Å². The summed E-state index contributed by atoms with van der Waals surface area (Å²) in [5.41, 5.74) is 1.00. The quantitative estimate of drug-likeness (QED) is 0.241. The molecule has 0 bridgehead atoms. The van der Waals surface area contributed by atoms with Crippen molar-refractivity contribution in [1.29, 1.82) is 0 Å². The molecule has 47 heavy (non-hydrogen) atoms. The van der Waals surface area contributed by atoms with Crippen LogP contribution in [0, 0.1) is 10.8 Å². The number of ether oxygens (including phenoxy) is 4. The minimum atomic E-state index is 0. The first-order chi connectivity index (χ1) is 21.7. The minimum Gasteiger partial charge on any atom is -0.491 e. The lowest BCUT2D eigenvalue weighted by atomic mass is 10.0. The largest absolute Gasteiger partial charge is 0.491 e. The SMILES string of the molecule is C.CC.CC.CC.CC(C)(C)C.CC(C)(C)C.COC(C)COc1ccccc1.COC(C)COc1ccccc1.c1ccccc1. The van der Waals surface area contributed by atoms with Crippen molar-refractivity contribution in [1.82, 2.24) is 0 Å². The summed E-state index contributed by atoms with van der Waals surface area (Å²) in [6.45, 7) is 34.6. The molecule has 2 unspecified atom stereocenters. The molecule has 0 aliphatic carbocycles. The highest BCUT2D eigenvalue weighted by Gasteiger charge is 2.00. The van der Waals surface area contributed by atoms with Crippen LogP contribution in [0.1, 0.15) is 118 Å². The second-order valence-corrected chi connectivity index (χ2v) is 12.5. The third-order valence-electron chi connectivity index (χ3n) is 3.93. The predicted octanol–water partition coefficient (Wildman–Crippen LogP) is 13.7. The van der Waals surface area contributed by atoms with E-state index in [1.54, 1.807) is 14.2 Å². The van der Waals surface area contributed by atoms with Crippen molar-refractivity contribution in [3.8, 4) is 11.5 Å². The Morgan fingerprint density at radius 3 is 0.766 bits per heavy atom. The summed E-state index contributed by atoms with van der Waals surface area (Å²) >= 11 is 0. The zero-order chi connectivity index (χ0) is 36.9. The number of para-hydroxylation sites is 2. The minimum absolute atomic E-state index is 0. The molecule has 0 amide bonds. The van der Waals surface area contributed by atoms with Gasteiger partial charge in [0.15, 0.2) is 0 Å². The lowest BCUT2D eigenvalue weighted by molar-refractivity contribution is 0.0716. The molecule has 0 aliphatic heterocycles. The van der Waals surface area contributed by atoms with Gasteiger partial charge in [-0.05, 0) is 48.9 Å². The molecule has 3 rings (SSSR count). The molecule has 0 saturated heterocycles. The van der Waals surface area contributed by atoms with Gasteiger partial charge in [-0.3, -0.25) is 0 Å². The predicted molar refractivity (Wildman–Crippen MR) is 214 cm³/mol. The van der Waals surface area contributed by atoms with Crippen molar-refractivity contribution in [2.75, 3.05) is 27.4 Å². The fourth-order valence-electron chi connectivity index (χ4n) is 1.98. The lowest BCUT2D eigenvalue weighted by Gasteiger charge is -2.10. The summed E-state index contributed by atoms with van der Waals surface area (Å²) in [6.07, 6.45) is 0.287. The van der Waals surface area contributed by atoms with E-state index in [0.29, 0.717) is 24.0 Å². The zero-order valence-corrected chi connectivity index (χ0v) is 33.4. The van der Waals surface area contributed by atoms with Gasteiger partial charge in [-0.25, -0.2) is 0 Å². The third-order valence-corrected chi connectivity index (χ3v) is 3.93. The standard InChI is InChI=1S/2C10H14O2.C6H6.2C5H12.3C2H6.CH4/c2*1-9(11-2)8-12-10-6-4-3-5-7-10;1-2-4-6-5-3-1;2*1-5(2,3)4;3*1-2;/h2*3-7,9H,8H2,1-2H3;1-6H;2*1-4H3;3*1-2H3;1H4. The van der Waals surface area contributed by atoms with Gasteiger partial charge in [0.05, 0.1) is 12.2 Å². The number of methoxy groups -OCH3 is 2. The summed E-state index contributed by atoms with van der Waals surface area (Å²) in [6, 6.07) is 31.5. The van der Waals surface area contributed by atoms with E-state index in [1.165, 1.54) is 0 Å². The van der Waals surface area contributed by atoms with E-state index in [-0.39, 0.29) is 19.6 Å². The molecule has 0 aliphatic rings. The van der Waals surface area contributed by atoms with Gasteiger partial charge in [-0.1, -0.05) is 177 Å². The van der Waals surface area contributed by atoms with E-state index in [1.807, 2.05) is 152 Å². The Kier molecular flexibility index (Phi) is 49.5. The van der Waals surface area contributed by atoms with E-state index in [4.69, 9.17) is 18.9 Å². The zero-order valence-electron chi connectivity index (χ0n) is 33.4. The van der Waals surface area contributed by atoms with Gasteiger partial charge >= 0.3 is 0 Å². The van der Waals surface area contributed by atoms with Gasteiger partial charge in [0.1, 0.15) is 24.7 Å². The second kappa shape index (κ2) is 41.2. The first kappa shape index (κ1) is 56.5. The molecule has 0 aromatic heterocycles. The van der Waals surface area contributed by atoms with Crippen LogP contribution in [-0.2, 0) is 9.47 Å². The van der Waals surface area contributed by atoms with Crippen LogP contribution in [-0.4, -0.2) is 39.6 Å². The Morgan fingerprint density at radius 1 is 0.426 bits per heavy atom. The third kappa shape index (κ3) is 66.5. The first-order valence-corrected chi connectivity index (χ1v) is 17.1. The number of benzene rings is 3. The van der Waals surface area contributed by atoms with Gasteiger partial charge in [-0.2, -0.15) is 0 Å². The van der Waals surface area contributed by atoms with Gasteiger partial charge < -0.3 is 18.9 Å². The molecule has 3 aromatic rings. The summed E-state index contributed by atoms with van der Waals surface area (Å²) in [5, 5.41) is 0.